The fraction of sp³-hybridized carbons (Fsp3) is 0.600. The summed E-state index contributed by atoms with van der Waals surface area (Å²) in [4.78, 5) is 17.9. The van der Waals surface area contributed by atoms with Crippen LogP contribution in [0, 0.1) is 10.1 Å². The minimum atomic E-state index is -0.593. The lowest BCUT2D eigenvalue weighted by molar-refractivity contribution is -0.387. The van der Waals surface area contributed by atoms with Gasteiger partial charge in [-0.15, -0.1) is 0 Å². The van der Waals surface area contributed by atoms with E-state index in [2.05, 4.69) is 15.3 Å². The Morgan fingerprint density at radius 2 is 2.28 bits per heavy atom. The average molecular weight is 254 g/mol. The molecule has 18 heavy (non-hydrogen) atoms. The quantitative estimate of drug-likeness (QED) is 0.617. The maximum Gasteiger partial charge on any atom is 0.392 e. The van der Waals surface area contributed by atoms with Crippen molar-refractivity contribution in [3.05, 3.63) is 16.4 Å². The van der Waals surface area contributed by atoms with Crippen molar-refractivity contribution in [2.75, 3.05) is 20.2 Å². The Labute approximate surface area is 103 Å². The van der Waals surface area contributed by atoms with E-state index in [9.17, 15) is 10.1 Å². The summed E-state index contributed by atoms with van der Waals surface area (Å²) < 4.78 is 10.4. The largest absolute Gasteiger partial charge is 0.476 e. The lowest BCUT2D eigenvalue weighted by atomic mass is 10.1. The van der Waals surface area contributed by atoms with Crippen molar-refractivity contribution >= 4 is 5.69 Å². The van der Waals surface area contributed by atoms with E-state index in [0.29, 0.717) is 6.54 Å². The third-order valence-corrected chi connectivity index (χ3v) is 2.66. The first-order chi connectivity index (χ1) is 8.72. The maximum absolute atomic E-state index is 11.0. The highest BCUT2D eigenvalue weighted by Gasteiger charge is 2.28. The van der Waals surface area contributed by atoms with Crippen molar-refractivity contribution in [1.29, 1.82) is 0 Å². The van der Waals surface area contributed by atoms with Crippen molar-refractivity contribution < 1.29 is 14.4 Å². The smallest absolute Gasteiger partial charge is 0.392 e. The van der Waals surface area contributed by atoms with Crippen LogP contribution in [0.1, 0.15) is 12.8 Å². The van der Waals surface area contributed by atoms with Crippen molar-refractivity contribution in [2.45, 2.75) is 18.9 Å². The number of methoxy groups -OCH3 is 1. The summed E-state index contributed by atoms with van der Waals surface area (Å²) in [7, 11) is 1.32. The van der Waals surface area contributed by atoms with Crippen LogP contribution in [0.25, 0.3) is 0 Å². The van der Waals surface area contributed by atoms with Crippen LogP contribution in [-0.2, 0) is 0 Å². The van der Waals surface area contributed by atoms with Crippen molar-refractivity contribution in [3.8, 4) is 11.8 Å². The van der Waals surface area contributed by atoms with E-state index in [0.717, 1.165) is 19.4 Å². The first kappa shape index (κ1) is 12.5. The summed E-state index contributed by atoms with van der Waals surface area (Å²) >= 11 is 0. The highest BCUT2D eigenvalue weighted by molar-refractivity contribution is 5.49. The fourth-order valence-electron chi connectivity index (χ4n) is 1.82. The molecule has 1 fully saturated rings. The van der Waals surface area contributed by atoms with Crippen LogP contribution in [0.5, 0.6) is 11.8 Å². The molecular weight excluding hydrogens is 240 g/mol. The van der Waals surface area contributed by atoms with Crippen LogP contribution in [0.3, 0.4) is 0 Å². The van der Waals surface area contributed by atoms with E-state index in [1.54, 1.807) is 0 Å². The first-order valence-electron chi connectivity index (χ1n) is 5.63. The van der Waals surface area contributed by atoms with Gasteiger partial charge in [0.2, 0.25) is 0 Å². The van der Waals surface area contributed by atoms with Crippen LogP contribution in [0.2, 0.25) is 0 Å². The number of ether oxygens (including phenoxy) is 2. The Kier molecular flexibility index (Phi) is 3.88. The minimum Gasteiger partial charge on any atom is -0.476 e. The third kappa shape index (κ3) is 2.65. The lowest BCUT2D eigenvalue weighted by Crippen LogP contribution is -2.37. The molecule has 98 valence electrons. The molecule has 2 rings (SSSR count). The molecule has 1 saturated heterocycles. The number of nitrogens with zero attached hydrogens (tertiary/aromatic N) is 3. The van der Waals surface area contributed by atoms with E-state index in [-0.39, 0.29) is 23.6 Å². The summed E-state index contributed by atoms with van der Waals surface area (Å²) in [6.45, 7) is 1.60. The standard InChI is InChI=1S/C10H14N4O4/c1-17-9-8(14(15)16)10(13-6-12-9)18-7-3-2-4-11-5-7/h6-7,11H,2-5H2,1H3/t7-/m0/s1. The van der Waals surface area contributed by atoms with Gasteiger partial charge in [0.1, 0.15) is 12.4 Å². The molecule has 0 aliphatic carbocycles. The van der Waals surface area contributed by atoms with Crippen LogP contribution < -0.4 is 14.8 Å². The Hall–Kier alpha value is -1.96. The second-order valence-electron chi connectivity index (χ2n) is 3.88. The van der Waals surface area contributed by atoms with E-state index >= 15 is 0 Å². The lowest BCUT2D eigenvalue weighted by Gasteiger charge is -2.23. The van der Waals surface area contributed by atoms with Crippen molar-refractivity contribution in [3.63, 3.8) is 0 Å². The molecule has 0 unspecified atom stereocenters. The number of hydrogen-bond donors (Lipinski definition) is 1. The molecule has 1 N–H and O–H groups in total. The predicted molar refractivity (Wildman–Crippen MR) is 61.8 cm³/mol. The van der Waals surface area contributed by atoms with Gasteiger partial charge in [-0.3, -0.25) is 10.1 Å². The highest BCUT2D eigenvalue weighted by Crippen LogP contribution is 2.33. The van der Waals surface area contributed by atoms with Crippen LogP contribution >= 0.6 is 0 Å². The zero-order valence-electron chi connectivity index (χ0n) is 9.96. The molecule has 0 aromatic carbocycles. The fourth-order valence-corrected chi connectivity index (χ4v) is 1.82. The molecule has 0 amide bonds. The monoisotopic (exact) mass is 254 g/mol. The van der Waals surface area contributed by atoms with Crippen LogP contribution in [0.15, 0.2) is 6.33 Å². The summed E-state index contributed by atoms with van der Waals surface area (Å²) in [5.41, 5.74) is -0.328. The van der Waals surface area contributed by atoms with Gasteiger partial charge in [0.25, 0.3) is 0 Å². The molecule has 8 nitrogen and oxygen atoms in total. The van der Waals surface area contributed by atoms with E-state index in [1.807, 2.05) is 0 Å². The van der Waals surface area contributed by atoms with Gasteiger partial charge in [-0.25, -0.2) is 0 Å². The third-order valence-electron chi connectivity index (χ3n) is 2.66. The molecule has 1 aromatic heterocycles. The van der Waals surface area contributed by atoms with Gasteiger partial charge < -0.3 is 14.8 Å². The van der Waals surface area contributed by atoms with Gasteiger partial charge in [0, 0.05) is 6.54 Å². The van der Waals surface area contributed by atoms with Gasteiger partial charge >= 0.3 is 17.4 Å². The molecule has 2 heterocycles. The number of nitrogens with one attached hydrogen (secondary N) is 1. The zero-order chi connectivity index (χ0) is 13.0. The van der Waals surface area contributed by atoms with Gasteiger partial charge in [-0.1, -0.05) is 0 Å². The molecule has 1 atom stereocenters. The Morgan fingerprint density at radius 1 is 1.50 bits per heavy atom. The van der Waals surface area contributed by atoms with Crippen LogP contribution in [-0.4, -0.2) is 41.2 Å². The number of aromatic nitrogens is 2. The van der Waals surface area contributed by atoms with Gasteiger partial charge in [0.15, 0.2) is 0 Å². The molecular formula is C10H14N4O4. The Bertz CT molecular complexity index is 434. The number of piperidine rings is 1. The highest BCUT2D eigenvalue weighted by atomic mass is 16.6. The number of rotatable bonds is 4. The summed E-state index contributed by atoms with van der Waals surface area (Å²) in [5, 5.41) is 14.2. The minimum absolute atomic E-state index is 0.0412. The SMILES string of the molecule is COc1ncnc(O[C@H]2CCCNC2)c1[N+](=O)[O-]. The molecule has 0 spiro atoms. The second-order valence-corrected chi connectivity index (χ2v) is 3.88. The second kappa shape index (κ2) is 5.58. The molecule has 1 aromatic rings. The average Bonchev–Trinajstić information content (AvgIpc) is 2.39. The molecule has 1 aliphatic rings. The van der Waals surface area contributed by atoms with Crippen molar-refractivity contribution in [1.82, 2.24) is 15.3 Å². The molecule has 0 bridgehead atoms. The van der Waals surface area contributed by atoms with Crippen LogP contribution in [0.4, 0.5) is 5.69 Å². The van der Waals surface area contributed by atoms with Crippen molar-refractivity contribution in [2.24, 2.45) is 0 Å². The summed E-state index contributed by atoms with van der Waals surface area (Å²) in [5.74, 6) is -0.130. The maximum atomic E-state index is 11.0. The summed E-state index contributed by atoms with van der Waals surface area (Å²) in [6.07, 6.45) is 2.89. The molecule has 0 saturated carbocycles. The number of hydrogen-bond acceptors (Lipinski definition) is 7. The molecule has 8 heteroatoms. The zero-order valence-corrected chi connectivity index (χ0v) is 9.96. The summed E-state index contributed by atoms with van der Waals surface area (Å²) in [6, 6.07) is 0. The van der Waals surface area contributed by atoms with Gasteiger partial charge in [-0.05, 0) is 19.4 Å². The first-order valence-corrected chi connectivity index (χ1v) is 5.63. The molecule has 1 aliphatic heterocycles. The topological polar surface area (TPSA) is 99.4 Å². The van der Waals surface area contributed by atoms with E-state index < -0.39 is 4.92 Å². The molecule has 0 radical (unpaired) electrons. The van der Waals surface area contributed by atoms with Gasteiger partial charge in [0.05, 0.1) is 12.0 Å². The number of nitro groups is 1. The normalized spacial score (nSPS) is 19.3. The van der Waals surface area contributed by atoms with Gasteiger partial charge in [-0.2, -0.15) is 9.97 Å². The Balaban J connectivity index is 2.23. The van der Waals surface area contributed by atoms with E-state index in [1.165, 1.54) is 13.4 Å². The Morgan fingerprint density at radius 3 is 2.89 bits per heavy atom. The predicted octanol–water partition coefficient (Wildman–Crippen LogP) is 0.524. The van der Waals surface area contributed by atoms with E-state index in [4.69, 9.17) is 9.47 Å².